The van der Waals surface area contributed by atoms with Gasteiger partial charge in [-0.2, -0.15) is 0 Å². The molecular weight excluding hydrogens is 311 g/mol. The van der Waals surface area contributed by atoms with Gasteiger partial charge in [0.05, 0.1) is 31.2 Å². The zero-order valence-corrected chi connectivity index (χ0v) is 16.1. The third-order valence-electron chi connectivity index (χ3n) is 6.90. The van der Waals surface area contributed by atoms with Crippen LogP contribution in [0, 0.1) is 0 Å². The van der Waals surface area contributed by atoms with Gasteiger partial charge in [-0.05, 0) is 19.8 Å². The maximum atomic E-state index is 4.63. The maximum absolute atomic E-state index is 4.63. The van der Waals surface area contributed by atoms with E-state index in [2.05, 4.69) is 94.9 Å². The summed E-state index contributed by atoms with van der Waals surface area (Å²) in [6.45, 7) is 9.67. The molecule has 0 aliphatic carbocycles. The second-order valence-corrected chi connectivity index (χ2v) is 7.80. The lowest BCUT2D eigenvalue weighted by Gasteiger charge is -2.51. The first-order chi connectivity index (χ1) is 11.9. The van der Waals surface area contributed by atoms with Gasteiger partial charge < -0.3 is 9.38 Å². The van der Waals surface area contributed by atoms with E-state index in [1.807, 2.05) is 12.4 Å². The molecule has 0 N–H and O–H groups in total. The summed E-state index contributed by atoms with van der Waals surface area (Å²) in [5.41, 5.74) is 0.0228. The van der Waals surface area contributed by atoms with Gasteiger partial charge in [-0.3, -0.25) is 4.81 Å². The van der Waals surface area contributed by atoms with Crippen LogP contribution in [-0.4, -0.2) is 21.1 Å². The molecule has 0 amide bonds. The quantitative estimate of drug-likeness (QED) is 0.637. The molecule has 2 atom stereocenters. The minimum atomic E-state index is 0.0228. The first kappa shape index (κ1) is 16.3. The molecular formula is C18H28BN6+. The summed E-state index contributed by atoms with van der Waals surface area (Å²) in [4.78, 5) is 9.38. The van der Waals surface area contributed by atoms with Crippen LogP contribution in [-0.2, 0) is 19.6 Å². The number of imidazole rings is 2. The van der Waals surface area contributed by atoms with Crippen molar-refractivity contribution in [3.05, 3.63) is 37.2 Å². The Morgan fingerprint density at radius 2 is 1.84 bits per heavy atom. The van der Waals surface area contributed by atoms with Gasteiger partial charge in [-0.15, -0.1) is 0 Å². The van der Waals surface area contributed by atoms with Crippen LogP contribution in [0.25, 0.3) is 0 Å². The lowest BCUT2D eigenvalue weighted by atomic mass is 9.40. The van der Waals surface area contributed by atoms with Gasteiger partial charge in [0.1, 0.15) is 0 Å². The summed E-state index contributed by atoms with van der Waals surface area (Å²) < 4.78 is 6.79. The number of hydrogen-bond donors (Lipinski definition) is 0. The Balaban J connectivity index is 1.96. The summed E-state index contributed by atoms with van der Waals surface area (Å²) in [5, 5.41) is 0.0518. The Kier molecular flexibility index (Phi) is 3.37. The standard InChI is InChI=1S/C18H28BN6/c1-7-17(3)18(4,8-2)23-12-11-22(6)16(23)25-14-13-24(19(17)25)15-20-9-10-21(15)5/h9-14H,7-8H2,1-6H3/q+1. The molecule has 0 saturated heterocycles. The lowest BCUT2D eigenvalue weighted by molar-refractivity contribution is -0.657. The monoisotopic (exact) mass is 339 g/mol. The predicted molar refractivity (Wildman–Crippen MR) is 101 cm³/mol. The lowest BCUT2D eigenvalue weighted by Crippen LogP contribution is -2.66. The Morgan fingerprint density at radius 3 is 2.44 bits per heavy atom. The highest BCUT2D eigenvalue weighted by Crippen LogP contribution is 2.58. The van der Waals surface area contributed by atoms with Crippen molar-refractivity contribution in [2.75, 3.05) is 9.62 Å². The molecule has 2 aromatic heterocycles. The molecule has 2 unspecified atom stereocenters. The van der Waals surface area contributed by atoms with E-state index in [9.17, 15) is 0 Å². The molecule has 7 heteroatoms. The van der Waals surface area contributed by atoms with E-state index >= 15 is 0 Å². The van der Waals surface area contributed by atoms with E-state index < -0.39 is 0 Å². The Hall–Kier alpha value is -2.18. The fourth-order valence-electron chi connectivity index (χ4n) is 4.87. The highest BCUT2D eigenvalue weighted by molar-refractivity contribution is 6.72. The number of nitrogens with zero attached hydrogens (tertiary/aromatic N) is 6. The van der Waals surface area contributed by atoms with Crippen molar-refractivity contribution in [1.29, 1.82) is 0 Å². The minimum absolute atomic E-state index is 0.0228. The van der Waals surface area contributed by atoms with Gasteiger partial charge in [-0.25, -0.2) is 14.1 Å². The van der Waals surface area contributed by atoms with E-state index in [1.54, 1.807) is 0 Å². The van der Waals surface area contributed by atoms with Crippen LogP contribution in [0.5, 0.6) is 0 Å². The Morgan fingerprint density at radius 1 is 1.12 bits per heavy atom. The first-order valence-corrected chi connectivity index (χ1v) is 9.19. The van der Waals surface area contributed by atoms with Crippen molar-refractivity contribution < 1.29 is 4.57 Å². The van der Waals surface area contributed by atoms with Gasteiger partial charge in [0.25, 0.3) is 0 Å². The topological polar surface area (TPSA) is 33.1 Å². The van der Waals surface area contributed by atoms with Gasteiger partial charge >= 0.3 is 12.9 Å². The van der Waals surface area contributed by atoms with Crippen molar-refractivity contribution in [2.45, 2.75) is 51.4 Å². The molecule has 2 aliphatic heterocycles. The molecule has 132 valence electrons. The molecule has 0 radical (unpaired) electrons. The number of aryl methyl sites for hydroxylation is 2. The molecule has 4 heterocycles. The minimum Gasteiger partial charge on any atom is -0.324 e. The molecule has 4 rings (SSSR count). The number of rotatable bonds is 3. The number of aromatic nitrogens is 4. The van der Waals surface area contributed by atoms with Crippen LogP contribution >= 0.6 is 0 Å². The molecule has 2 aromatic rings. The second-order valence-electron chi connectivity index (χ2n) is 7.80. The largest absolute Gasteiger partial charge is 0.480 e. The number of hydrogen-bond acceptors (Lipinski definition) is 3. The maximum Gasteiger partial charge on any atom is 0.480 e. The van der Waals surface area contributed by atoms with E-state index in [-0.39, 0.29) is 17.8 Å². The molecule has 6 nitrogen and oxygen atoms in total. The summed E-state index contributed by atoms with van der Waals surface area (Å²) in [5.74, 6) is 2.22. The fraction of sp³-hybridized carbons (Fsp3) is 0.556. The molecule has 25 heavy (non-hydrogen) atoms. The summed E-state index contributed by atoms with van der Waals surface area (Å²) in [6.07, 6.45) is 14.8. The fourth-order valence-corrected chi connectivity index (χ4v) is 4.87. The van der Waals surface area contributed by atoms with E-state index in [4.69, 9.17) is 0 Å². The van der Waals surface area contributed by atoms with E-state index in [0.29, 0.717) is 0 Å². The van der Waals surface area contributed by atoms with Crippen LogP contribution in [0.4, 0.5) is 11.9 Å². The number of anilines is 2. The van der Waals surface area contributed by atoms with Gasteiger partial charge in [0.15, 0.2) is 5.95 Å². The highest BCUT2D eigenvalue weighted by atomic mass is 15.4. The molecule has 0 saturated carbocycles. The average Bonchev–Trinajstić information content (AvgIpc) is 3.30. The molecule has 0 aromatic carbocycles. The highest BCUT2D eigenvalue weighted by Gasteiger charge is 2.67. The van der Waals surface area contributed by atoms with Crippen molar-refractivity contribution in [1.82, 2.24) is 14.1 Å². The van der Waals surface area contributed by atoms with Crippen molar-refractivity contribution >= 4 is 18.9 Å². The predicted octanol–water partition coefficient (Wildman–Crippen LogP) is 2.64. The Bertz CT molecular complexity index is 838. The summed E-state index contributed by atoms with van der Waals surface area (Å²) in [6, 6.07) is 0. The van der Waals surface area contributed by atoms with Crippen molar-refractivity contribution in [3.8, 4) is 0 Å². The van der Waals surface area contributed by atoms with Crippen LogP contribution in [0.15, 0.2) is 37.2 Å². The first-order valence-electron chi connectivity index (χ1n) is 9.19. The zero-order chi connectivity index (χ0) is 18.0. The van der Waals surface area contributed by atoms with Crippen molar-refractivity contribution in [2.24, 2.45) is 14.1 Å². The van der Waals surface area contributed by atoms with E-state index in [0.717, 1.165) is 18.8 Å². The van der Waals surface area contributed by atoms with Crippen LogP contribution < -0.4 is 14.2 Å². The Labute approximate surface area is 150 Å². The van der Waals surface area contributed by atoms with Crippen molar-refractivity contribution in [3.63, 3.8) is 0 Å². The van der Waals surface area contributed by atoms with E-state index in [1.165, 1.54) is 5.95 Å². The van der Waals surface area contributed by atoms with Gasteiger partial charge in [-0.1, -0.05) is 20.8 Å². The van der Waals surface area contributed by atoms with Gasteiger partial charge in [0.2, 0.25) is 0 Å². The molecule has 2 aliphatic rings. The average molecular weight is 339 g/mol. The SMILES string of the molecule is CCC1(C)B2N(c3nccn3C)C=CN2c2n(cc[n+]2C)C1(C)CC. The third kappa shape index (κ3) is 1.81. The summed E-state index contributed by atoms with van der Waals surface area (Å²) >= 11 is 0. The normalized spacial score (nSPS) is 27.8. The van der Waals surface area contributed by atoms with Crippen LogP contribution in [0.3, 0.4) is 0 Å². The zero-order valence-electron chi connectivity index (χ0n) is 16.1. The third-order valence-corrected chi connectivity index (χ3v) is 6.90. The molecule has 0 spiro atoms. The second kappa shape index (κ2) is 5.16. The smallest absolute Gasteiger partial charge is 0.324 e. The number of fused-ring (bicyclic) bond motifs is 3. The molecule has 0 bridgehead atoms. The summed E-state index contributed by atoms with van der Waals surface area (Å²) in [7, 11) is 4.19. The van der Waals surface area contributed by atoms with Gasteiger partial charge in [0, 0.05) is 31.0 Å². The van der Waals surface area contributed by atoms with Crippen LogP contribution in [0.2, 0.25) is 5.31 Å². The molecule has 0 fully saturated rings. The van der Waals surface area contributed by atoms with Crippen LogP contribution in [0.1, 0.15) is 40.5 Å².